The predicted molar refractivity (Wildman–Crippen MR) is 148 cm³/mol. The number of ether oxygens (including phenoxy) is 5. The van der Waals surface area contributed by atoms with Crippen LogP contribution in [0.5, 0.6) is 0 Å². The van der Waals surface area contributed by atoms with E-state index in [1.54, 1.807) is 20.8 Å². The van der Waals surface area contributed by atoms with E-state index in [0.29, 0.717) is 30.4 Å². The fourth-order valence-electron chi connectivity index (χ4n) is 6.62. The molecule has 2 aliphatic carbocycles. The molecule has 1 saturated carbocycles. The van der Waals surface area contributed by atoms with Crippen LogP contribution in [0.4, 0.5) is 0 Å². The molecule has 10 atom stereocenters. The van der Waals surface area contributed by atoms with Gasteiger partial charge in [0.2, 0.25) is 0 Å². The minimum absolute atomic E-state index is 0.0520. The van der Waals surface area contributed by atoms with Crippen LogP contribution in [-0.4, -0.2) is 71.1 Å². The summed E-state index contributed by atoms with van der Waals surface area (Å²) in [7, 11) is 0. The quantitative estimate of drug-likeness (QED) is 0.275. The zero-order valence-electron chi connectivity index (χ0n) is 25.8. The van der Waals surface area contributed by atoms with Gasteiger partial charge in [0, 0.05) is 33.1 Å². The van der Waals surface area contributed by atoms with Crippen LogP contribution in [0.3, 0.4) is 0 Å². The van der Waals surface area contributed by atoms with Gasteiger partial charge in [0.25, 0.3) is 0 Å². The SMILES string of the molecule is C=C1CC[C@H](OC(C)=O)[C@]2(C)[C@@H](OC(=O)C(C)CC)CC(OC(C)=O)/C(C)=C\[C@@H]3OC(=O)[C@H](C)[C@@]3(O)C(OC(C)=O)[C@@H]12. The van der Waals surface area contributed by atoms with Gasteiger partial charge in [-0.3, -0.25) is 24.0 Å². The molecule has 0 spiro atoms. The second-order valence-corrected chi connectivity index (χ2v) is 12.1. The van der Waals surface area contributed by atoms with Gasteiger partial charge < -0.3 is 28.8 Å². The number of aliphatic hydroxyl groups is 1. The number of carbonyl (C=O) groups is 5. The highest BCUT2D eigenvalue weighted by Gasteiger charge is 2.68. The van der Waals surface area contributed by atoms with Crippen molar-refractivity contribution >= 4 is 29.8 Å². The van der Waals surface area contributed by atoms with Crippen LogP contribution in [0.2, 0.25) is 0 Å². The van der Waals surface area contributed by atoms with Crippen molar-refractivity contribution in [3.05, 3.63) is 23.8 Å². The average molecular weight is 593 g/mol. The minimum atomic E-state index is -2.11. The Morgan fingerprint density at radius 3 is 2.21 bits per heavy atom. The molecule has 234 valence electrons. The number of esters is 5. The largest absolute Gasteiger partial charge is 0.462 e. The first-order valence-corrected chi connectivity index (χ1v) is 14.5. The van der Waals surface area contributed by atoms with E-state index in [1.807, 2.05) is 6.92 Å². The number of rotatable bonds is 6. The maximum absolute atomic E-state index is 13.4. The molecular weight excluding hydrogens is 548 g/mol. The van der Waals surface area contributed by atoms with Gasteiger partial charge in [0.15, 0.2) is 11.7 Å². The molecule has 2 fully saturated rings. The summed E-state index contributed by atoms with van der Waals surface area (Å²) in [5.41, 5.74) is -2.52. The van der Waals surface area contributed by atoms with Crippen LogP contribution in [0.1, 0.15) is 81.1 Å². The predicted octanol–water partition coefficient (Wildman–Crippen LogP) is 3.35. The van der Waals surface area contributed by atoms with E-state index in [9.17, 15) is 29.1 Å². The fourth-order valence-corrected chi connectivity index (χ4v) is 6.62. The molecule has 0 aromatic carbocycles. The summed E-state index contributed by atoms with van der Waals surface area (Å²) in [5.74, 6) is -5.78. The molecule has 1 aliphatic heterocycles. The molecule has 1 heterocycles. The summed E-state index contributed by atoms with van der Waals surface area (Å²) in [4.78, 5) is 63.6. The molecule has 3 unspecified atom stereocenters. The lowest BCUT2D eigenvalue weighted by Gasteiger charge is -2.56. The van der Waals surface area contributed by atoms with E-state index in [0.717, 1.165) is 0 Å². The van der Waals surface area contributed by atoms with Gasteiger partial charge in [-0.05, 0) is 44.8 Å². The number of fused-ring (bicyclic) bond motifs is 2. The van der Waals surface area contributed by atoms with Gasteiger partial charge in [-0.25, -0.2) is 0 Å². The van der Waals surface area contributed by atoms with E-state index in [1.165, 1.54) is 33.8 Å². The Morgan fingerprint density at radius 2 is 1.67 bits per heavy atom. The van der Waals surface area contributed by atoms with Crippen molar-refractivity contribution in [2.75, 3.05) is 0 Å². The first kappa shape index (κ1) is 33.3. The molecular formula is C31H44O11. The minimum Gasteiger partial charge on any atom is -0.462 e. The Morgan fingerprint density at radius 1 is 1.07 bits per heavy atom. The molecule has 1 N–H and O–H groups in total. The topological polar surface area (TPSA) is 152 Å². The van der Waals surface area contributed by atoms with Crippen molar-refractivity contribution in [3.8, 4) is 0 Å². The van der Waals surface area contributed by atoms with Crippen LogP contribution < -0.4 is 0 Å². The third-order valence-electron chi connectivity index (χ3n) is 9.26. The molecule has 0 amide bonds. The van der Waals surface area contributed by atoms with Crippen molar-refractivity contribution < 1.29 is 52.8 Å². The van der Waals surface area contributed by atoms with E-state index < -0.39 is 89.1 Å². The Bertz CT molecular complexity index is 1160. The third kappa shape index (κ3) is 6.11. The summed E-state index contributed by atoms with van der Waals surface area (Å²) in [5, 5.41) is 12.5. The van der Waals surface area contributed by atoms with Crippen molar-refractivity contribution in [1.29, 1.82) is 0 Å². The molecule has 11 nitrogen and oxygen atoms in total. The zero-order valence-corrected chi connectivity index (χ0v) is 25.8. The van der Waals surface area contributed by atoms with Crippen molar-refractivity contribution in [1.82, 2.24) is 0 Å². The van der Waals surface area contributed by atoms with Crippen LogP contribution >= 0.6 is 0 Å². The first-order valence-electron chi connectivity index (χ1n) is 14.5. The van der Waals surface area contributed by atoms with Gasteiger partial charge in [-0.1, -0.05) is 32.9 Å². The van der Waals surface area contributed by atoms with E-state index in [4.69, 9.17) is 23.7 Å². The molecule has 1 saturated heterocycles. The Labute approximate surface area is 246 Å². The highest BCUT2D eigenvalue weighted by molar-refractivity contribution is 5.78. The van der Waals surface area contributed by atoms with E-state index in [-0.39, 0.29) is 6.42 Å². The van der Waals surface area contributed by atoms with Crippen molar-refractivity contribution in [3.63, 3.8) is 0 Å². The summed E-state index contributed by atoms with van der Waals surface area (Å²) in [6, 6.07) is 0. The van der Waals surface area contributed by atoms with Gasteiger partial charge in [0.1, 0.15) is 24.4 Å². The number of hydrogen-bond acceptors (Lipinski definition) is 11. The average Bonchev–Trinajstić information content (AvgIpc) is 3.10. The molecule has 0 bridgehead atoms. The second-order valence-electron chi connectivity index (χ2n) is 12.1. The Balaban J connectivity index is 2.42. The highest BCUT2D eigenvalue weighted by Crippen LogP contribution is 2.56. The Kier molecular flexibility index (Phi) is 9.96. The van der Waals surface area contributed by atoms with Gasteiger partial charge in [0.05, 0.1) is 17.3 Å². The lowest BCUT2D eigenvalue weighted by Crippen LogP contribution is -2.66. The fraction of sp³-hybridized carbons (Fsp3) is 0.710. The van der Waals surface area contributed by atoms with Gasteiger partial charge >= 0.3 is 29.8 Å². The maximum atomic E-state index is 13.4. The molecule has 11 heteroatoms. The highest BCUT2D eigenvalue weighted by atomic mass is 16.6. The van der Waals surface area contributed by atoms with Crippen LogP contribution in [0, 0.1) is 23.2 Å². The number of hydrogen-bond donors (Lipinski definition) is 1. The molecule has 0 radical (unpaired) electrons. The lowest BCUT2D eigenvalue weighted by molar-refractivity contribution is -0.223. The lowest BCUT2D eigenvalue weighted by atomic mass is 9.54. The van der Waals surface area contributed by atoms with Gasteiger partial charge in [-0.2, -0.15) is 0 Å². The second kappa shape index (κ2) is 12.6. The van der Waals surface area contributed by atoms with Crippen molar-refractivity contribution in [2.45, 2.75) is 117 Å². The molecule has 0 aromatic rings. The molecule has 3 rings (SSSR count). The summed E-state index contributed by atoms with van der Waals surface area (Å²) >= 11 is 0. The zero-order chi connectivity index (χ0) is 31.7. The maximum Gasteiger partial charge on any atom is 0.312 e. The molecule has 0 aromatic heterocycles. The molecule has 42 heavy (non-hydrogen) atoms. The summed E-state index contributed by atoms with van der Waals surface area (Å²) in [6.45, 7) is 16.4. The van der Waals surface area contributed by atoms with E-state index >= 15 is 0 Å². The number of carbonyl (C=O) groups excluding carboxylic acids is 5. The third-order valence-corrected chi connectivity index (χ3v) is 9.26. The Hall–Kier alpha value is -3.21. The molecule has 3 aliphatic rings. The van der Waals surface area contributed by atoms with Crippen LogP contribution in [0.15, 0.2) is 23.8 Å². The summed E-state index contributed by atoms with van der Waals surface area (Å²) < 4.78 is 29.3. The first-order chi connectivity index (χ1) is 19.5. The summed E-state index contributed by atoms with van der Waals surface area (Å²) in [6.07, 6.45) is -3.09. The van der Waals surface area contributed by atoms with Crippen LogP contribution in [0.25, 0.3) is 0 Å². The van der Waals surface area contributed by atoms with Gasteiger partial charge in [-0.15, -0.1) is 0 Å². The van der Waals surface area contributed by atoms with Crippen molar-refractivity contribution in [2.24, 2.45) is 23.2 Å². The van der Waals surface area contributed by atoms with Crippen LogP contribution in [-0.2, 0) is 47.7 Å². The smallest absolute Gasteiger partial charge is 0.312 e. The van der Waals surface area contributed by atoms with E-state index in [2.05, 4.69) is 6.58 Å². The standard InChI is InChI=1S/C31H44O11/c1-10-15(2)28(35)41-24-14-22(38-19(6)32)17(4)13-25-31(37,18(5)29(36)42-25)27(40-21(8)34)26-16(3)11-12-23(30(24,26)9)39-20(7)33/h13,15,18,22-27,37H,3,10-12,14H2,1-2,4-9H3/b17-13-/t15?,18-,22?,23-,24-,25-,26+,27?,30+,31-/m0/s1. The monoisotopic (exact) mass is 592 g/mol. The normalized spacial score (nSPS) is 38.4.